The lowest BCUT2D eigenvalue weighted by Gasteiger charge is -2.18. The van der Waals surface area contributed by atoms with E-state index in [-0.39, 0.29) is 31.1 Å². The maximum absolute atomic E-state index is 12.8. The summed E-state index contributed by atoms with van der Waals surface area (Å²) in [6.45, 7) is 6.62. The molecular weight excluding hydrogens is 733 g/mol. The third kappa shape index (κ3) is 46.8. The average Bonchev–Trinajstić information content (AvgIpc) is 3.23. The van der Waals surface area contributed by atoms with Crippen LogP contribution in [-0.2, 0) is 28.6 Å². The summed E-state index contributed by atoms with van der Waals surface area (Å²) in [5.74, 6) is -0.869. The van der Waals surface area contributed by atoms with E-state index in [4.69, 9.17) is 14.2 Å². The molecule has 0 saturated carbocycles. The number of hydrogen-bond donors (Lipinski definition) is 0. The number of carbonyl (C=O) groups excluding carboxylic acids is 3. The van der Waals surface area contributed by atoms with E-state index in [2.05, 4.69) is 45.1 Å². The van der Waals surface area contributed by atoms with Crippen LogP contribution in [0.25, 0.3) is 0 Å². The fourth-order valence-corrected chi connectivity index (χ4v) is 7.49. The van der Waals surface area contributed by atoms with Crippen molar-refractivity contribution in [3.8, 4) is 0 Å². The molecule has 0 N–H and O–H groups in total. The Labute approximate surface area is 366 Å². The summed E-state index contributed by atoms with van der Waals surface area (Å²) in [5.41, 5.74) is 0. The van der Waals surface area contributed by atoms with E-state index in [1.807, 2.05) is 0 Å². The Balaban J connectivity index is 4.33. The van der Waals surface area contributed by atoms with E-state index in [0.29, 0.717) is 19.3 Å². The quantitative estimate of drug-likeness (QED) is 0.0263. The highest BCUT2D eigenvalue weighted by atomic mass is 16.6. The molecule has 0 atom stereocenters. The minimum atomic E-state index is -0.769. The van der Waals surface area contributed by atoms with Crippen LogP contribution in [0.4, 0.5) is 0 Å². The lowest BCUT2D eigenvalue weighted by atomic mass is 10.1. The Kier molecular flexibility index (Phi) is 46.8. The molecule has 0 heterocycles. The van der Waals surface area contributed by atoms with E-state index < -0.39 is 6.10 Å². The van der Waals surface area contributed by atoms with Crippen LogP contribution in [0.2, 0.25) is 0 Å². The fraction of sp³-hybridized carbons (Fsp3) is 0.868. The Morgan fingerprint density at radius 2 is 0.559 bits per heavy atom. The SMILES string of the molecule is CCCCCC/C=C\CCCCCCCCCC(=O)OCC(COC(=O)CCCCCCCCC/C=C\CCCCCC)OC(=O)CCCCCCCCCCCCC. The van der Waals surface area contributed by atoms with E-state index in [1.54, 1.807) is 0 Å². The van der Waals surface area contributed by atoms with Crippen molar-refractivity contribution in [1.29, 1.82) is 0 Å². The fourth-order valence-electron chi connectivity index (χ4n) is 7.49. The second-order valence-corrected chi connectivity index (χ2v) is 17.4. The summed E-state index contributed by atoms with van der Waals surface area (Å²) >= 11 is 0. The Morgan fingerprint density at radius 3 is 0.864 bits per heavy atom. The third-order valence-electron chi connectivity index (χ3n) is 11.4. The van der Waals surface area contributed by atoms with Gasteiger partial charge in [-0.15, -0.1) is 0 Å². The zero-order valence-corrected chi connectivity index (χ0v) is 39.5. The first-order valence-corrected chi connectivity index (χ1v) is 25.8. The molecule has 0 spiro atoms. The first kappa shape index (κ1) is 56.9. The van der Waals surface area contributed by atoms with Crippen LogP contribution in [0.1, 0.15) is 278 Å². The molecule has 0 aromatic rings. The molecule has 0 aromatic carbocycles. The number of rotatable bonds is 47. The average molecular weight is 831 g/mol. The second-order valence-electron chi connectivity index (χ2n) is 17.4. The van der Waals surface area contributed by atoms with Gasteiger partial charge in [-0.1, -0.05) is 212 Å². The molecule has 0 rings (SSSR count). The van der Waals surface area contributed by atoms with Crippen molar-refractivity contribution in [1.82, 2.24) is 0 Å². The molecule has 0 saturated heterocycles. The van der Waals surface area contributed by atoms with Gasteiger partial charge in [-0.3, -0.25) is 14.4 Å². The van der Waals surface area contributed by atoms with Crippen molar-refractivity contribution < 1.29 is 28.6 Å². The van der Waals surface area contributed by atoms with Crippen LogP contribution in [0.3, 0.4) is 0 Å². The van der Waals surface area contributed by atoms with Crippen LogP contribution in [0.5, 0.6) is 0 Å². The van der Waals surface area contributed by atoms with Crippen LogP contribution >= 0.6 is 0 Å². The number of unbranched alkanes of at least 4 members (excludes halogenated alkanes) is 32. The van der Waals surface area contributed by atoms with Gasteiger partial charge in [0.1, 0.15) is 13.2 Å². The van der Waals surface area contributed by atoms with Crippen molar-refractivity contribution >= 4 is 17.9 Å². The number of ether oxygens (including phenoxy) is 3. The van der Waals surface area contributed by atoms with Crippen molar-refractivity contribution in [3.63, 3.8) is 0 Å². The number of hydrogen-bond acceptors (Lipinski definition) is 6. The molecular formula is C53H98O6. The smallest absolute Gasteiger partial charge is 0.306 e. The van der Waals surface area contributed by atoms with Gasteiger partial charge in [0.2, 0.25) is 0 Å². The van der Waals surface area contributed by atoms with Crippen molar-refractivity contribution in [2.45, 2.75) is 284 Å². The molecule has 0 amide bonds. The second kappa shape index (κ2) is 48.6. The molecule has 0 aromatic heterocycles. The molecule has 6 heteroatoms. The molecule has 0 aliphatic carbocycles. The summed E-state index contributed by atoms with van der Waals surface area (Å²) in [6.07, 6.45) is 54.4. The monoisotopic (exact) mass is 831 g/mol. The molecule has 0 fully saturated rings. The predicted molar refractivity (Wildman–Crippen MR) is 252 cm³/mol. The van der Waals surface area contributed by atoms with Gasteiger partial charge in [0.25, 0.3) is 0 Å². The maximum atomic E-state index is 12.8. The highest BCUT2D eigenvalue weighted by Crippen LogP contribution is 2.15. The topological polar surface area (TPSA) is 78.9 Å². The first-order valence-electron chi connectivity index (χ1n) is 25.8. The molecule has 0 unspecified atom stereocenters. The van der Waals surface area contributed by atoms with Crippen molar-refractivity contribution in [2.24, 2.45) is 0 Å². The molecule has 0 aliphatic rings. The van der Waals surface area contributed by atoms with Gasteiger partial charge in [-0.25, -0.2) is 0 Å². The normalized spacial score (nSPS) is 11.7. The maximum Gasteiger partial charge on any atom is 0.306 e. The highest BCUT2D eigenvalue weighted by Gasteiger charge is 2.19. The number of allylic oxidation sites excluding steroid dienone is 4. The third-order valence-corrected chi connectivity index (χ3v) is 11.4. The van der Waals surface area contributed by atoms with E-state index >= 15 is 0 Å². The largest absolute Gasteiger partial charge is 0.462 e. The van der Waals surface area contributed by atoms with Gasteiger partial charge in [0.05, 0.1) is 0 Å². The lowest BCUT2D eigenvalue weighted by molar-refractivity contribution is -0.167. The van der Waals surface area contributed by atoms with Gasteiger partial charge < -0.3 is 14.2 Å². The van der Waals surface area contributed by atoms with Gasteiger partial charge in [-0.2, -0.15) is 0 Å². The Hall–Kier alpha value is -2.11. The summed E-state index contributed by atoms with van der Waals surface area (Å²) in [6, 6.07) is 0. The van der Waals surface area contributed by atoms with Crippen LogP contribution in [0.15, 0.2) is 24.3 Å². The minimum absolute atomic E-state index is 0.0714. The molecule has 0 radical (unpaired) electrons. The predicted octanol–water partition coefficient (Wildman–Crippen LogP) is 16.8. The standard InChI is InChI=1S/C53H98O6/c1-4-7-10-13-16-19-22-24-26-28-31-33-36-39-42-45-51(54)57-48-50(59-53(56)47-44-41-38-35-30-21-18-15-12-9-6-3)49-58-52(55)46-43-40-37-34-32-29-27-25-23-20-17-14-11-8-5-2/h19-20,22-23,50H,4-18,21,24-49H2,1-3H3/b22-19-,23-20-. The lowest BCUT2D eigenvalue weighted by Crippen LogP contribution is -2.30. The zero-order chi connectivity index (χ0) is 43.0. The Morgan fingerprint density at radius 1 is 0.322 bits per heavy atom. The number of carbonyl (C=O) groups is 3. The van der Waals surface area contributed by atoms with E-state index in [9.17, 15) is 14.4 Å². The molecule has 0 bridgehead atoms. The van der Waals surface area contributed by atoms with Gasteiger partial charge in [-0.05, 0) is 70.6 Å². The number of esters is 3. The van der Waals surface area contributed by atoms with Crippen molar-refractivity contribution in [2.75, 3.05) is 13.2 Å². The zero-order valence-electron chi connectivity index (χ0n) is 39.5. The van der Waals surface area contributed by atoms with Crippen LogP contribution in [-0.4, -0.2) is 37.2 Å². The van der Waals surface area contributed by atoms with Gasteiger partial charge in [0, 0.05) is 19.3 Å². The van der Waals surface area contributed by atoms with E-state index in [1.165, 1.54) is 180 Å². The molecule has 59 heavy (non-hydrogen) atoms. The van der Waals surface area contributed by atoms with Gasteiger partial charge in [0.15, 0.2) is 6.10 Å². The highest BCUT2D eigenvalue weighted by molar-refractivity contribution is 5.71. The molecule has 6 nitrogen and oxygen atoms in total. The van der Waals surface area contributed by atoms with Crippen molar-refractivity contribution in [3.05, 3.63) is 24.3 Å². The first-order chi connectivity index (χ1) is 29.0. The summed E-state index contributed by atoms with van der Waals surface area (Å²) in [5, 5.41) is 0. The molecule has 0 aliphatic heterocycles. The van der Waals surface area contributed by atoms with E-state index in [0.717, 1.165) is 57.8 Å². The summed E-state index contributed by atoms with van der Waals surface area (Å²) in [4.78, 5) is 37.9. The van der Waals surface area contributed by atoms with Crippen LogP contribution in [0, 0.1) is 0 Å². The Bertz CT molecular complexity index is 902. The van der Waals surface area contributed by atoms with Crippen LogP contribution < -0.4 is 0 Å². The minimum Gasteiger partial charge on any atom is -0.462 e. The summed E-state index contributed by atoms with van der Waals surface area (Å²) < 4.78 is 16.8. The molecule has 346 valence electrons. The van der Waals surface area contributed by atoms with Gasteiger partial charge >= 0.3 is 17.9 Å². The summed E-state index contributed by atoms with van der Waals surface area (Å²) in [7, 11) is 0.